The highest BCUT2D eigenvalue weighted by Gasteiger charge is 2.30. The summed E-state index contributed by atoms with van der Waals surface area (Å²) >= 11 is 1.41. The number of aromatic nitrogens is 1. The molecular weight excluding hydrogens is 305 g/mol. The van der Waals surface area contributed by atoms with Crippen LogP contribution in [0.5, 0.6) is 0 Å². The predicted octanol–water partition coefficient (Wildman–Crippen LogP) is 5.24. The van der Waals surface area contributed by atoms with Gasteiger partial charge in [-0.1, -0.05) is 12.1 Å². The quantitative estimate of drug-likeness (QED) is 0.781. The molecule has 1 aromatic carbocycles. The second kappa shape index (κ2) is 6.05. The van der Waals surface area contributed by atoms with Gasteiger partial charge in [0.15, 0.2) is 0 Å². The van der Waals surface area contributed by atoms with Gasteiger partial charge < -0.3 is 5.32 Å². The van der Waals surface area contributed by atoms with Crippen LogP contribution in [-0.2, 0) is 0 Å². The smallest absolute Gasteiger partial charge is 0.376 e. The molecule has 0 aliphatic rings. The van der Waals surface area contributed by atoms with E-state index in [2.05, 4.69) is 10.3 Å². The molecule has 0 spiro atoms. The van der Waals surface area contributed by atoms with Crippen LogP contribution in [-0.4, -0.2) is 10.5 Å². The van der Waals surface area contributed by atoms with Crippen LogP contribution in [0.4, 0.5) is 18.9 Å². The first kappa shape index (κ1) is 15.2. The molecule has 1 N–H and O–H groups in total. The Kier molecular flexibility index (Phi) is 4.59. The number of halogens is 3. The Morgan fingerprint density at radius 3 is 2.60 bits per heavy atom. The number of alkyl halides is 3. The molecular formula is C13H13F3N2S2. The number of nitrogens with one attached hydrogen (secondary N) is 1. The van der Waals surface area contributed by atoms with Crippen LogP contribution in [0.2, 0.25) is 0 Å². The van der Waals surface area contributed by atoms with E-state index in [0.29, 0.717) is 5.69 Å². The Balaban J connectivity index is 2.17. The van der Waals surface area contributed by atoms with E-state index in [9.17, 15) is 13.2 Å². The number of thioether (sulfide) groups is 1. The minimum absolute atomic E-state index is 0.111. The van der Waals surface area contributed by atoms with Gasteiger partial charge in [-0.3, -0.25) is 0 Å². The van der Waals surface area contributed by atoms with Gasteiger partial charge >= 0.3 is 5.51 Å². The van der Waals surface area contributed by atoms with Crippen molar-refractivity contribution in [3.63, 3.8) is 0 Å². The van der Waals surface area contributed by atoms with Crippen LogP contribution >= 0.6 is 23.1 Å². The molecule has 0 radical (unpaired) electrons. The first-order chi connectivity index (χ1) is 9.35. The van der Waals surface area contributed by atoms with E-state index in [1.165, 1.54) is 17.4 Å². The molecule has 0 aliphatic heterocycles. The zero-order valence-corrected chi connectivity index (χ0v) is 12.5. The molecule has 0 saturated heterocycles. The number of rotatable bonds is 4. The summed E-state index contributed by atoms with van der Waals surface area (Å²) in [4.78, 5) is 4.50. The molecule has 7 heteroatoms. The average molecular weight is 318 g/mol. The van der Waals surface area contributed by atoms with Crippen molar-refractivity contribution in [3.8, 4) is 0 Å². The van der Waals surface area contributed by atoms with Crippen molar-refractivity contribution < 1.29 is 13.2 Å². The van der Waals surface area contributed by atoms with E-state index >= 15 is 0 Å². The average Bonchev–Trinajstić information content (AvgIpc) is 2.77. The lowest BCUT2D eigenvalue weighted by Gasteiger charge is -2.17. The summed E-state index contributed by atoms with van der Waals surface area (Å²) in [6, 6.07) is 6.26. The first-order valence-electron chi connectivity index (χ1n) is 5.88. The number of hydrogen-bond acceptors (Lipinski definition) is 4. The van der Waals surface area contributed by atoms with Crippen LogP contribution in [0.25, 0.3) is 0 Å². The molecule has 0 aliphatic carbocycles. The van der Waals surface area contributed by atoms with E-state index in [1.807, 2.05) is 19.2 Å². The third-order valence-electron chi connectivity index (χ3n) is 2.57. The zero-order chi connectivity index (χ0) is 14.8. The number of aryl methyl sites for hydroxylation is 1. The molecule has 2 aromatic rings. The monoisotopic (exact) mass is 318 g/mol. The molecule has 2 rings (SSSR count). The van der Waals surface area contributed by atoms with E-state index in [4.69, 9.17) is 0 Å². The molecule has 0 bridgehead atoms. The maximum absolute atomic E-state index is 12.5. The number of nitrogens with zero attached hydrogens (tertiary/aromatic N) is 1. The fraction of sp³-hybridized carbons (Fsp3) is 0.308. The van der Waals surface area contributed by atoms with Crippen molar-refractivity contribution in [1.29, 1.82) is 0 Å². The van der Waals surface area contributed by atoms with Crippen LogP contribution in [0.1, 0.15) is 23.7 Å². The molecule has 108 valence electrons. The zero-order valence-electron chi connectivity index (χ0n) is 10.9. The molecule has 2 nitrogen and oxygen atoms in total. The summed E-state index contributed by atoms with van der Waals surface area (Å²) in [5.41, 5.74) is -2.99. The van der Waals surface area contributed by atoms with Crippen molar-refractivity contribution in [2.45, 2.75) is 30.3 Å². The molecule has 1 unspecified atom stereocenters. The number of thiazole rings is 1. The lowest BCUT2D eigenvalue weighted by Crippen LogP contribution is -2.09. The molecule has 0 fully saturated rings. The van der Waals surface area contributed by atoms with Crippen LogP contribution in [0.15, 0.2) is 34.5 Å². The van der Waals surface area contributed by atoms with Gasteiger partial charge in [0, 0.05) is 16.0 Å². The number of para-hydroxylation sites is 1. The highest BCUT2D eigenvalue weighted by Crippen LogP contribution is 2.41. The fourth-order valence-corrected chi connectivity index (χ4v) is 3.02. The topological polar surface area (TPSA) is 24.9 Å². The molecule has 1 heterocycles. The maximum atomic E-state index is 12.5. The first-order valence-corrected chi connectivity index (χ1v) is 7.58. The van der Waals surface area contributed by atoms with Gasteiger partial charge in [-0.05, 0) is 37.7 Å². The second-order valence-electron chi connectivity index (χ2n) is 4.20. The summed E-state index contributed by atoms with van der Waals surface area (Å²) in [5.74, 6) is 0. The molecule has 0 amide bonds. The number of benzene rings is 1. The van der Waals surface area contributed by atoms with Gasteiger partial charge in [-0.2, -0.15) is 13.2 Å². The van der Waals surface area contributed by atoms with E-state index in [0.717, 1.165) is 10.7 Å². The maximum Gasteiger partial charge on any atom is 0.446 e. The highest BCUT2D eigenvalue weighted by molar-refractivity contribution is 8.00. The van der Waals surface area contributed by atoms with Gasteiger partial charge in [-0.15, -0.1) is 11.3 Å². The number of anilines is 1. The minimum Gasteiger partial charge on any atom is -0.376 e. The number of hydrogen-bond donors (Lipinski definition) is 1. The fourth-order valence-electron chi connectivity index (χ4n) is 1.69. The van der Waals surface area contributed by atoms with Crippen molar-refractivity contribution in [1.82, 2.24) is 4.98 Å². The largest absolute Gasteiger partial charge is 0.446 e. The van der Waals surface area contributed by atoms with Gasteiger partial charge in [0.2, 0.25) is 0 Å². The minimum atomic E-state index is -4.29. The van der Waals surface area contributed by atoms with Crippen LogP contribution < -0.4 is 5.32 Å². The molecule has 0 saturated carbocycles. The Labute approximate surface area is 123 Å². The Bertz CT molecular complexity index is 581. The standard InChI is InChI=1S/C13H13F3N2S2/c1-8(11-7-19-9(2)18-11)17-10-5-3-4-6-12(10)20-13(14,15)16/h3-8,17H,1-2H3. The summed E-state index contributed by atoms with van der Waals surface area (Å²) in [6.45, 7) is 3.78. The van der Waals surface area contributed by atoms with E-state index in [-0.39, 0.29) is 22.7 Å². The summed E-state index contributed by atoms with van der Waals surface area (Å²) < 4.78 is 37.5. The molecule has 1 atom stereocenters. The normalized spacial score (nSPS) is 13.2. The third kappa shape index (κ3) is 4.14. The van der Waals surface area contributed by atoms with Crippen molar-refractivity contribution >= 4 is 28.8 Å². The molecule has 20 heavy (non-hydrogen) atoms. The molecule has 1 aromatic heterocycles. The van der Waals surface area contributed by atoms with E-state index < -0.39 is 5.51 Å². The summed E-state index contributed by atoms with van der Waals surface area (Å²) in [6.07, 6.45) is 0. The Hall–Kier alpha value is -1.21. The van der Waals surface area contributed by atoms with Gasteiger partial charge in [0.05, 0.1) is 16.7 Å². The summed E-state index contributed by atoms with van der Waals surface area (Å²) in [7, 11) is 0. The van der Waals surface area contributed by atoms with Crippen molar-refractivity contribution in [3.05, 3.63) is 40.3 Å². The Morgan fingerprint density at radius 1 is 1.30 bits per heavy atom. The predicted molar refractivity (Wildman–Crippen MR) is 77.2 cm³/mol. The second-order valence-corrected chi connectivity index (χ2v) is 6.37. The third-order valence-corrected chi connectivity index (χ3v) is 4.16. The lowest BCUT2D eigenvalue weighted by molar-refractivity contribution is -0.0327. The lowest BCUT2D eigenvalue weighted by atomic mass is 10.2. The van der Waals surface area contributed by atoms with Gasteiger partial charge in [0.1, 0.15) is 0 Å². The van der Waals surface area contributed by atoms with E-state index in [1.54, 1.807) is 18.2 Å². The van der Waals surface area contributed by atoms with Crippen molar-refractivity contribution in [2.24, 2.45) is 0 Å². The van der Waals surface area contributed by atoms with Crippen molar-refractivity contribution in [2.75, 3.05) is 5.32 Å². The Morgan fingerprint density at radius 2 is 2.00 bits per heavy atom. The van der Waals surface area contributed by atoms with Crippen LogP contribution in [0, 0.1) is 6.92 Å². The highest BCUT2D eigenvalue weighted by atomic mass is 32.2. The van der Waals surface area contributed by atoms with Crippen LogP contribution in [0.3, 0.4) is 0 Å². The van der Waals surface area contributed by atoms with Gasteiger partial charge in [-0.25, -0.2) is 4.98 Å². The SMILES string of the molecule is Cc1nc(C(C)Nc2ccccc2SC(F)(F)F)cs1. The summed E-state index contributed by atoms with van der Waals surface area (Å²) in [5, 5.41) is 5.93. The van der Waals surface area contributed by atoms with Gasteiger partial charge in [0.25, 0.3) is 0 Å².